The SMILES string of the molecule is Cc1c(Cl)cc(S(=O)(=O)N2CCC(CS(C)(=O)=O)C2)cc1C(=O)O. The largest absolute Gasteiger partial charge is 0.478 e. The summed E-state index contributed by atoms with van der Waals surface area (Å²) in [5, 5.41) is 9.24. The van der Waals surface area contributed by atoms with E-state index in [0.29, 0.717) is 12.0 Å². The van der Waals surface area contributed by atoms with E-state index >= 15 is 0 Å². The van der Waals surface area contributed by atoms with Gasteiger partial charge >= 0.3 is 5.97 Å². The lowest BCUT2D eigenvalue weighted by Crippen LogP contribution is -2.30. The molecular formula is C14H18ClNO6S2. The van der Waals surface area contributed by atoms with Crippen LogP contribution in [0.2, 0.25) is 5.02 Å². The highest BCUT2D eigenvalue weighted by atomic mass is 35.5. The van der Waals surface area contributed by atoms with E-state index in [9.17, 15) is 26.7 Å². The van der Waals surface area contributed by atoms with Gasteiger partial charge in [-0.2, -0.15) is 4.31 Å². The summed E-state index contributed by atoms with van der Waals surface area (Å²) < 4.78 is 49.3. The minimum absolute atomic E-state index is 0.0559. The molecule has 1 aromatic rings. The predicted octanol–water partition coefficient (Wildman–Crippen LogP) is 1.40. The number of carboxylic acid groups (broad SMARTS) is 1. The zero-order chi connectivity index (χ0) is 18.3. The Morgan fingerprint density at radius 1 is 1.33 bits per heavy atom. The van der Waals surface area contributed by atoms with Gasteiger partial charge in [-0.15, -0.1) is 0 Å². The number of rotatable bonds is 5. The van der Waals surface area contributed by atoms with E-state index in [2.05, 4.69) is 0 Å². The van der Waals surface area contributed by atoms with E-state index in [1.54, 1.807) is 0 Å². The molecule has 1 aliphatic heterocycles. The number of carbonyl (C=O) groups is 1. The number of aromatic carboxylic acids is 1. The maximum absolute atomic E-state index is 12.7. The fourth-order valence-corrected chi connectivity index (χ4v) is 5.75. The molecule has 1 atom stereocenters. The topological polar surface area (TPSA) is 109 Å². The predicted molar refractivity (Wildman–Crippen MR) is 89.7 cm³/mol. The summed E-state index contributed by atoms with van der Waals surface area (Å²) in [6.45, 7) is 1.78. The van der Waals surface area contributed by atoms with Crippen molar-refractivity contribution in [2.75, 3.05) is 25.1 Å². The number of hydrogen-bond donors (Lipinski definition) is 1. The third-order valence-corrected chi connectivity index (χ3v) is 7.29. The van der Waals surface area contributed by atoms with Gasteiger partial charge in [-0.25, -0.2) is 21.6 Å². The highest BCUT2D eigenvalue weighted by Crippen LogP contribution is 2.29. The first-order chi connectivity index (χ1) is 10.9. The Morgan fingerprint density at radius 3 is 2.50 bits per heavy atom. The van der Waals surface area contributed by atoms with Crippen LogP contribution in [0.1, 0.15) is 22.3 Å². The van der Waals surface area contributed by atoms with Gasteiger partial charge in [0, 0.05) is 24.4 Å². The molecule has 24 heavy (non-hydrogen) atoms. The van der Waals surface area contributed by atoms with Gasteiger partial charge in [-0.1, -0.05) is 11.6 Å². The van der Waals surface area contributed by atoms with E-state index in [1.165, 1.54) is 17.3 Å². The Hall–Kier alpha value is -1.16. The van der Waals surface area contributed by atoms with Crippen LogP contribution >= 0.6 is 11.6 Å². The van der Waals surface area contributed by atoms with Crippen molar-refractivity contribution in [3.8, 4) is 0 Å². The third-order valence-electron chi connectivity index (χ3n) is 3.97. The third kappa shape index (κ3) is 4.08. The molecule has 0 aromatic heterocycles. The van der Waals surface area contributed by atoms with Crippen LogP contribution in [0.3, 0.4) is 0 Å². The average Bonchev–Trinajstić information content (AvgIpc) is 2.88. The zero-order valence-electron chi connectivity index (χ0n) is 13.2. The normalized spacial score (nSPS) is 19.5. The van der Waals surface area contributed by atoms with Crippen molar-refractivity contribution >= 4 is 37.4 Å². The molecule has 0 bridgehead atoms. The van der Waals surface area contributed by atoms with Crippen molar-refractivity contribution in [3.63, 3.8) is 0 Å². The quantitative estimate of drug-likeness (QED) is 0.807. The molecule has 7 nitrogen and oxygen atoms in total. The molecule has 1 aromatic carbocycles. The Morgan fingerprint density at radius 2 is 1.96 bits per heavy atom. The molecule has 0 amide bonds. The zero-order valence-corrected chi connectivity index (χ0v) is 15.6. The molecule has 1 unspecified atom stereocenters. The summed E-state index contributed by atoms with van der Waals surface area (Å²) in [5.41, 5.74) is 0.118. The molecular weight excluding hydrogens is 378 g/mol. The van der Waals surface area contributed by atoms with Crippen LogP contribution in [0.15, 0.2) is 17.0 Å². The summed E-state index contributed by atoms with van der Waals surface area (Å²) in [6.07, 6.45) is 1.56. The Kier molecular flexibility index (Phi) is 5.29. The van der Waals surface area contributed by atoms with Crippen LogP contribution < -0.4 is 0 Å². The van der Waals surface area contributed by atoms with Crippen molar-refractivity contribution in [2.45, 2.75) is 18.2 Å². The van der Waals surface area contributed by atoms with Gasteiger partial charge < -0.3 is 5.11 Å². The van der Waals surface area contributed by atoms with Crippen LogP contribution in [-0.4, -0.2) is 57.3 Å². The first-order valence-corrected chi connectivity index (χ1v) is 11.0. The van der Waals surface area contributed by atoms with Crippen molar-refractivity contribution < 1.29 is 26.7 Å². The average molecular weight is 396 g/mol. The van der Waals surface area contributed by atoms with Crippen LogP contribution in [0.25, 0.3) is 0 Å². The molecule has 1 aliphatic rings. The van der Waals surface area contributed by atoms with Gasteiger partial charge in [0.1, 0.15) is 9.84 Å². The summed E-state index contributed by atoms with van der Waals surface area (Å²) in [6, 6.07) is 2.31. The summed E-state index contributed by atoms with van der Waals surface area (Å²) in [7, 11) is -7.12. The fraction of sp³-hybridized carbons (Fsp3) is 0.500. The van der Waals surface area contributed by atoms with Crippen LogP contribution in [0.4, 0.5) is 0 Å². The molecule has 0 radical (unpaired) electrons. The number of sulfonamides is 1. The molecule has 134 valence electrons. The molecule has 0 spiro atoms. The van der Waals surface area contributed by atoms with Gasteiger partial charge in [0.2, 0.25) is 10.0 Å². The second kappa shape index (κ2) is 6.62. The number of benzene rings is 1. The van der Waals surface area contributed by atoms with Crippen molar-refractivity contribution in [1.29, 1.82) is 0 Å². The summed E-state index contributed by atoms with van der Waals surface area (Å²) in [5.74, 6) is -1.61. The second-order valence-electron chi connectivity index (χ2n) is 5.99. The van der Waals surface area contributed by atoms with Gasteiger partial charge in [-0.05, 0) is 37.0 Å². The molecule has 10 heteroatoms. The van der Waals surface area contributed by atoms with Gasteiger partial charge in [0.25, 0.3) is 0 Å². The first-order valence-electron chi connectivity index (χ1n) is 7.13. The van der Waals surface area contributed by atoms with Crippen LogP contribution in [0, 0.1) is 12.8 Å². The van der Waals surface area contributed by atoms with E-state index < -0.39 is 25.8 Å². The number of carboxylic acids is 1. The van der Waals surface area contributed by atoms with Gasteiger partial charge in [0.05, 0.1) is 16.2 Å². The molecule has 2 rings (SSSR count). The monoisotopic (exact) mass is 395 g/mol. The van der Waals surface area contributed by atoms with Crippen molar-refractivity contribution in [1.82, 2.24) is 4.31 Å². The van der Waals surface area contributed by atoms with E-state index in [-0.39, 0.29) is 40.2 Å². The molecule has 1 heterocycles. The number of nitrogens with zero attached hydrogens (tertiary/aromatic N) is 1. The standard InChI is InChI=1S/C14H18ClNO6S2/c1-9-12(14(17)18)5-11(6-13(9)15)24(21,22)16-4-3-10(7-16)8-23(2,19)20/h5-6,10H,3-4,7-8H2,1-2H3,(H,17,18). The minimum Gasteiger partial charge on any atom is -0.478 e. The Balaban J connectivity index is 2.34. The second-order valence-corrected chi connectivity index (χ2v) is 10.5. The van der Waals surface area contributed by atoms with Crippen molar-refractivity contribution in [3.05, 3.63) is 28.3 Å². The Bertz CT molecular complexity index is 879. The highest BCUT2D eigenvalue weighted by molar-refractivity contribution is 7.90. The lowest BCUT2D eigenvalue weighted by atomic mass is 10.1. The van der Waals surface area contributed by atoms with E-state index in [1.807, 2.05) is 0 Å². The summed E-state index contributed by atoms with van der Waals surface area (Å²) in [4.78, 5) is 11.1. The number of halogens is 1. The highest BCUT2D eigenvalue weighted by Gasteiger charge is 2.34. The van der Waals surface area contributed by atoms with Crippen LogP contribution in [-0.2, 0) is 19.9 Å². The summed E-state index contributed by atoms with van der Waals surface area (Å²) >= 11 is 5.97. The fourth-order valence-electron chi connectivity index (χ4n) is 2.75. The number of sulfone groups is 1. The van der Waals surface area contributed by atoms with Gasteiger partial charge in [-0.3, -0.25) is 0 Å². The van der Waals surface area contributed by atoms with E-state index in [4.69, 9.17) is 11.6 Å². The van der Waals surface area contributed by atoms with Crippen molar-refractivity contribution in [2.24, 2.45) is 5.92 Å². The molecule has 1 saturated heterocycles. The lowest BCUT2D eigenvalue weighted by molar-refractivity contribution is 0.0696. The lowest BCUT2D eigenvalue weighted by Gasteiger charge is -2.18. The van der Waals surface area contributed by atoms with E-state index in [0.717, 1.165) is 12.3 Å². The molecule has 1 fully saturated rings. The van der Waals surface area contributed by atoms with Crippen LogP contribution in [0.5, 0.6) is 0 Å². The number of hydrogen-bond acceptors (Lipinski definition) is 5. The maximum atomic E-state index is 12.7. The van der Waals surface area contributed by atoms with Gasteiger partial charge in [0.15, 0.2) is 0 Å². The molecule has 1 N–H and O–H groups in total. The first kappa shape index (κ1) is 19.2. The molecule has 0 saturated carbocycles. The maximum Gasteiger partial charge on any atom is 0.336 e. The minimum atomic E-state index is -3.93. The smallest absolute Gasteiger partial charge is 0.336 e. The Labute approximate surface area is 146 Å². The molecule has 0 aliphatic carbocycles.